The van der Waals surface area contributed by atoms with Crippen molar-refractivity contribution in [3.63, 3.8) is 0 Å². The SMILES string of the molecule is CCCCCCCCCC(=O)N(C)C[C@H](O[C@@H]1O[C@H](CO)[C@@H](O)[C@H](O)[C@H]1O)[C@H](O)[C@H](O)C(O)CO. The molecule has 12 nitrogen and oxygen atoms in total. The molecule has 0 spiro atoms. The predicted octanol–water partition coefficient (Wildman–Crippen LogP) is -2.15. The Kier molecular flexibility index (Phi) is 15.4. The van der Waals surface area contributed by atoms with Gasteiger partial charge in [0.05, 0.1) is 13.2 Å². The number of rotatable bonds is 17. The number of hydrogen-bond donors (Lipinski definition) is 8. The van der Waals surface area contributed by atoms with E-state index in [0.717, 1.165) is 25.7 Å². The quantitative estimate of drug-likeness (QED) is 0.0989. The number of hydrogen-bond acceptors (Lipinski definition) is 11. The molecule has 1 rings (SSSR count). The minimum atomic E-state index is -1.86. The number of unbranched alkanes of at least 4 members (excludes halogenated alkanes) is 6. The van der Waals surface area contributed by atoms with E-state index in [0.29, 0.717) is 6.42 Å². The Balaban J connectivity index is 2.80. The molecular formula is C23H45NO11. The van der Waals surface area contributed by atoms with Crippen LogP contribution < -0.4 is 0 Å². The summed E-state index contributed by atoms with van der Waals surface area (Å²) in [6.07, 6.45) is -7.31. The fourth-order valence-corrected chi connectivity index (χ4v) is 3.94. The lowest BCUT2D eigenvalue weighted by molar-refractivity contribution is -0.320. The second-order valence-corrected chi connectivity index (χ2v) is 9.25. The van der Waals surface area contributed by atoms with Crippen molar-refractivity contribution in [3.8, 4) is 0 Å². The van der Waals surface area contributed by atoms with Gasteiger partial charge in [-0.15, -0.1) is 0 Å². The largest absolute Gasteiger partial charge is 0.394 e. The van der Waals surface area contributed by atoms with E-state index in [-0.39, 0.29) is 18.9 Å². The van der Waals surface area contributed by atoms with Crippen molar-refractivity contribution >= 4 is 5.91 Å². The first kappa shape index (κ1) is 32.1. The van der Waals surface area contributed by atoms with Crippen LogP contribution in [0, 0.1) is 0 Å². The number of amides is 1. The highest BCUT2D eigenvalue weighted by Gasteiger charge is 2.46. The first-order valence-electron chi connectivity index (χ1n) is 12.4. The summed E-state index contributed by atoms with van der Waals surface area (Å²) in [5.41, 5.74) is 0. The van der Waals surface area contributed by atoms with Crippen LogP contribution in [0.25, 0.3) is 0 Å². The topological polar surface area (TPSA) is 201 Å². The smallest absolute Gasteiger partial charge is 0.222 e. The summed E-state index contributed by atoms with van der Waals surface area (Å²) in [4.78, 5) is 13.9. The molecule has 35 heavy (non-hydrogen) atoms. The molecule has 1 aliphatic heterocycles. The number of aliphatic hydroxyl groups excluding tert-OH is 8. The van der Waals surface area contributed by atoms with Crippen LogP contribution in [-0.4, -0.2) is 134 Å². The van der Waals surface area contributed by atoms with Crippen molar-refractivity contribution in [1.29, 1.82) is 0 Å². The fraction of sp³-hybridized carbons (Fsp3) is 0.957. The minimum absolute atomic E-state index is 0.245. The molecule has 12 heteroatoms. The fourth-order valence-electron chi connectivity index (χ4n) is 3.94. The van der Waals surface area contributed by atoms with Gasteiger partial charge >= 0.3 is 0 Å². The predicted molar refractivity (Wildman–Crippen MR) is 124 cm³/mol. The van der Waals surface area contributed by atoms with E-state index >= 15 is 0 Å². The van der Waals surface area contributed by atoms with E-state index in [1.165, 1.54) is 24.8 Å². The van der Waals surface area contributed by atoms with Crippen LogP contribution in [0.3, 0.4) is 0 Å². The Morgan fingerprint density at radius 1 is 0.914 bits per heavy atom. The van der Waals surface area contributed by atoms with Gasteiger partial charge in [0.15, 0.2) is 6.29 Å². The average molecular weight is 512 g/mol. The number of ether oxygens (including phenoxy) is 2. The Bertz CT molecular complexity index is 582. The Morgan fingerprint density at radius 2 is 1.51 bits per heavy atom. The normalized spacial score (nSPS) is 28.3. The third kappa shape index (κ3) is 10.2. The lowest BCUT2D eigenvalue weighted by Crippen LogP contribution is -2.61. The summed E-state index contributed by atoms with van der Waals surface area (Å²) in [5.74, 6) is -0.245. The maximum absolute atomic E-state index is 12.6. The summed E-state index contributed by atoms with van der Waals surface area (Å²) in [7, 11) is 1.47. The van der Waals surface area contributed by atoms with Gasteiger partial charge in [0.2, 0.25) is 5.91 Å². The van der Waals surface area contributed by atoms with Crippen molar-refractivity contribution in [2.24, 2.45) is 0 Å². The second-order valence-electron chi connectivity index (χ2n) is 9.25. The third-order valence-electron chi connectivity index (χ3n) is 6.34. The first-order chi connectivity index (χ1) is 16.6. The molecule has 0 aromatic heterocycles. The zero-order chi connectivity index (χ0) is 26.5. The van der Waals surface area contributed by atoms with Crippen LogP contribution in [0.2, 0.25) is 0 Å². The lowest BCUT2D eigenvalue weighted by atomic mass is 9.98. The highest BCUT2D eigenvalue weighted by molar-refractivity contribution is 5.75. The van der Waals surface area contributed by atoms with Crippen LogP contribution >= 0.6 is 0 Å². The Labute approximate surface area is 206 Å². The molecule has 8 N–H and O–H groups in total. The molecule has 1 heterocycles. The van der Waals surface area contributed by atoms with E-state index in [1.807, 2.05) is 0 Å². The van der Waals surface area contributed by atoms with Gasteiger partial charge in [0.25, 0.3) is 0 Å². The van der Waals surface area contributed by atoms with E-state index in [9.17, 15) is 40.5 Å². The van der Waals surface area contributed by atoms with Crippen molar-refractivity contribution in [1.82, 2.24) is 4.90 Å². The summed E-state index contributed by atoms with van der Waals surface area (Å²) in [5, 5.41) is 79.2. The minimum Gasteiger partial charge on any atom is -0.394 e. The molecule has 1 saturated heterocycles. The maximum atomic E-state index is 12.6. The molecule has 0 aliphatic carbocycles. The molecule has 1 aliphatic rings. The number of likely N-dealkylation sites (N-methyl/N-ethyl adjacent to an activating group) is 1. The molecule has 208 valence electrons. The number of aliphatic hydroxyl groups is 8. The van der Waals surface area contributed by atoms with Gasteiger partial charge in [0.1, 0.15) is 48.8 Å². The average Bonchev–Trinajstić information content (AvgIpc) is 2.86. The molecule has 0 radical (unpaired) electrons. The monoisotopic (exact) mass is 511 g/mol. The van der Waals surface area contributed by atoms with Crippen LogP contribution in [0.1, 0.15) is 58.3 Å². The van der Waals surface area contributed by atoms with Gasteiger partial charge in [-0.25, -0.2) is 0 Å². The molecule has 9 atom stereocenters. The van der Waals surface area contributed by atoms with Crippen LogP contribution in [0.5, 0.6) is 0 Å². The number of nitrogens with zero attached hydrogens (tertiary/aromatic N) is 1. The molecule has 1 fully saturated rings. The van der Waals surface area contributed by atoms with Gasteiger partial charge in [0, 0.05) is 20.0 Å². The maximum Gasteiger partial charge on any atom is 0.222 e. The van der Waals surface area contributed by atoms with Crippen molar-refractivity contribution < 1.29 is 55.1 Å². The molecule has 1 amide bonds. The summed E-state index contributed by atoms with van der Waals surface area (Å²) in [6, 6.07) is 0. The van der Waals surface area contributed by atoms with E-state index in [4.69, 9.17) is 14.6 Å². The molecule has 1 unspecified atom stereocenters. The van der Waals surface area contributed by atoms with Gasteiger partial charge in [-0.2, -0.15) is 0 Å². The zero-order valence-electron chi connectivity index (χ0n) is 20.7. The molecular weight excluding hydrogens is 466 g/mol. The van der Waals surface area contributed by atoms with Crippen molar-refractivity contribution in [2.45, 2.75) is 113 Å². The van der Waals surface area contributed by atoms with E-state index in [1.54, 1.807) is 0 Å². The van der Waals surface area contributed by atoms with Crippen LogP contribution in [0.4, 0.5) is 0 Å². The van der Waals surface area contributed by atoms with Crippen LogP contribution in [0.15, 0.2) is 0 Å². The van der Waals surface area contributed by atoms with Gasteiger partial charge in [-0.3, -0.25) is 4.79 Å². The highest BCUT2D eigenvalue weighted by Crippen LogP contribution is 2.24. The lowest BCUT2D eigenvalue weighted by Gasteiger charge is -2.42. The molecule has 0 bridgehead atoms. The van der Waals surface area contributed by atoms with Gasteiger partial charge < -0.3 is 55.2 Å². The van der Waals surface area contributed by atoms with Crippen molar-refractivity contribution in [2.75, 3.05) is 26.8 Å². The molecule has 0 aromatic rings. The highest BCUT2D eigenvalue weighted by atomic mass is 16.7. The Hall–Kier alpha value is -0.930. The van der Waals surface area contributed by atoms with Crippen molar-refractivity contribution in [3.05, 3.63) is 0 Å². The molecule has 0 saturated carbocycles. The van der Waals surface area contributed by atoms with E-state index < -0.39 is 68.3 Å². The third-order valence-corrected chi connectivity index (χ3v) is 6.34. The molecule has 0 aromatic carbocycles. The van der Waals surface area contributed by atoms with E-state index in [2.05, 4.69) is 6.92 Å². The van der Waals surface area contributed by atoms with Gasteiger partial charge in [-0.1, -0.05) is 45.4 Å². The zero-order valence-corrected chi connectivity index (χ0v) is 20.7. The second kappa shape index (κ2) is 16.7. The Morgan fingerprint density at radius 3 is 2.09 bits per heavy atom. The summed E-state index contributed by atoms with van der Waals surface area (Å²) < 4.78 is 10.9. The standard InChI is InChI=1S/C23H45NO11/c1-3-4-5-6-7-8-9-10-17(28)24(2)11-15(19(30)18(29)14(27)12-25)34-23-22(33)21(32)20(31)16(13-26)35-23/h14-16,18-23,25-27,29-33H,3-13H2,1-2H3/t14?,15-,16+,18+,19-,20+,21-,22+,23+/m0/s1. The first-order valence-corrected chi connectivity index (χ1v) is 12.4. The van der Waals surface area contributed by atoms with Crippen LogP contribution in [-0.2, 0) is 14.3 Å². The summed E-state index contributed by atoms with van der Waals surface area (Å²) >= 11 is 0. The summed E-state index contributed by atoms with van der Waals surface area (Å²) in [6.45, 7) is 0.322. The van der Waals surface area contributed by atoms with Gasteiger partial charge in [-0.05, 0) is 6.42 Å². The number of carbonyl (C=O) groups is 1. The number of carbonyl (C=O) groups excluding carboxylic acids is 1.